The number of carboxylic acid groups (broad SMARTS) is 1. The number of aromatic amines is 1. The first kappa shape index (κ1) is 11.1. The fourth-order valence-electron chi connectivity index (χ4n) is 1.78. The van der Waals surface area contributed by atoms with Crippen LogP contribution in [0.2, 0.25) is 0 Å². The lowest BCUT2D eigenvalue weighted by Gasteiger charge is -2.00. The van der Waals surface area contributed by atoms with E-state index in [1.54, 1.807) is 18.2 Å². The molecule has 0 bridgehead atoms. The van der Waals surface area contributed by atoms with Crippen LogP contribution in [0.1, 0.15) is 10.4 Å². The highest BCUT2D eigenvalue weighted by molar-refractivity contribution is 5.87. The first-order valence-corrected chi connectivity index (χ1v) is 5.43. The zero-order valence-corrected chi connectivity index (χ0v) is 9.57. The van der Waals surface area contributed by atoms with Crippen molar-refractivity contribution in [2.24, 2.45) is 0 Å². The average molecular weight is 256 g/mol. The van der Waals surface area contributed by atoms with Crippen molar-refractivity contribution < 1.29 is 9.90 Å². The summed E-state index contributed by atoms with van der Waals surface area (Å²) in [4.78, 5) is 24.9. The third-order valence-corrected chi connectivity index (χ3v) is 2.66. The van der Waals surface area contributed by atoms with Crippen molar-refractivity contribution in [3.8, 4) is 11.5 Å². The molecule has 0 aliphatic heterocycles. The molecule has 2 N–H and O–H groups in total. The number of pyridine rings is 2. The highest BCUT2D eigenvalue weighted by atomic mass is 16.4. The summed E-state index contributed by atoms with van der Waals surface area (Å²) in [7, 11) is 0. The van der Waals surface area contributed by atoms with Gasteiger partial charge < -0.3 is 10.1 Å². The Balaban J connectivity index is 2.27. The molecule has 7 nitrogen and oxygen atoms in total. The summed E-state index contributed by atoms with van der Waals surface area (Å²) in [5.41, 5.74) is 0.836. The topological polar surface area (TPSA) is 100 Å². The van der Waals surface area contributed by atoms with Crippen molar-refractivity contribution in [3.63, 3.8) is 0 Å². The van der Waals surface area contributed by atoms with Crippen molar-refractivity contribution in [3.05, 3.63) is 52.4 Å². The molecule has 0 spiro atoms. The molecule has 0 saturated heterocycles. The largest absolute Gasteiger partial charge is 0.478 e. The van der Waals surface area contributed by atoms with Crippen LogP contribution in [-0.2, 0) is 0 Å². The Morgan fingerprint density at radius 1 is 1.21 bits per heavy atom. The van der Waals surface area contributed by atoms with E-state index in [0.29, 0.717) is 17.2 Å². The van der Waals surface area contributed by atoms with Crippen LogP contribution in [-0.4, -0.2) is 30.7 Å². The Morgan fingerprint density at radius 2 is 2.05 bits per heavy atom. The van der Waals surface area contributed by atoms with Crippen LogP contribution in [0.3, 0.4) is 0 Å². The monoisotopic (exact) mass is 256 g/mol. The van der Waals surface area contributed by atoms with Gasteiger partial charge in [0.25, 0.3) is 0 Å². The molecule has 7 heteroatoms. The van der Waals surface area contributed by atoms with Gasteiger partial charge in [0.1, 0.15) is 0 Å². The molecule has 0 amide bonds. The number of rotatable bonds is 2. The molecule has 3 heterocycles. The van der Waals surface area contributed by atoms with Crippen LogP contribution in [0.4, 0.5) is 0 Å². The van der Waals surface area contributed by atoms with Gasteiger partial charge in [-0.25, -0.2) is 4.79 Å². The Hall–Kier alpha value is -2.96. The van der Waals surface area contributed by atoms with Gasteiger partial charge in [-0.3, -0.25) is 9.20 Å². The minimum atomic E-state index is -1.04. The minimum Gasteiger partial charge on any atom is -0.478 e. The molecule has 3 rings (SSSR count). The molecule has 94 valence electrons. The van der Waals surface area contributed by atoms with Gasteiger partial charge >= 0.3 is 5.97 Å². The summed E-state index contributed by atoms with van der Waals surface area (Å²) >= 11 is 0. The molecular weight excluding hydrogens is 248 g/mol. The predicted molar refractivity (Wildman–Crippen MR) is 66.0 cm³/mol. The zero-order valence-electron chi connectivity index (χ0n) is 9.57. The number of aromatic nitrogens is 4. The van der Waals surface area contributed by atoms with Gasteiger partial charge in [-0.1, -0.05) is 6.07 Å². The van der Waals surface area contributed by atoms with Crippen LogP contribution in [0.25, 0.3) is 17.2 Å². The highest BCUT2D eigenvalue weighted by Crippen LogP contribution is 2.15. The van der Waals surface area contributed by atoms with Gasteiger partial charge in [0.05, 0.1) is 11.3 Å². The number of H-pyrrole nitrogens is 1. The second-order valence-electron chi connectivity index (χ2n) is 3.90. The van der Waals surface area contributed by atoms with E-state index >= 15 is 0 Å². The zero-order chi connectivity index (χ0) is 13.4. The number of carboxylic acids is 1. The van der Waals surface area contributed by atoms with Gasteiger partial charge in [0, 0.05) is 12.3 Å². The van der Waals surface area contributed by atoms with Crippen molar-refractivity contribution in [1.29, 1.82) is 0 Å². The lowest BCUT2D eigenvalue weighted by molar-refractivity contribution is 0.0696. The molecule has 0 atom stereocenters. The smallest absolute Gasteiger partial charge is 0.337 e. The number of fused-ring (bicyclic) bond motifs is 1. The Bertz CT molecular complexity index is 834. The number of aromatic carboxylic acids is 1. The molecule has 0 fully saturated rings. The van der Waals surface area contributed by atoms with E-state index in [9.17, 15) is 9.59 Å². The highest BCUT2D eigenvalue weighted by Gasteiger charge is 2.11. The third kappa shape index (κ3) is 1.86. The van der Waals surface area contributed by atoms with Crippen molar-refractivity contribution >= 4 is 11.6 Å². The number of nitrogens with zero attached hydrogens (tertiary/aromatic N) is 3. The van der Waals surface area contributed by atoms with Crippen LogP contribution in [0, 0.1) is 0 Å². The van der Waals surface area contributed by atoms with Gasteiger partial charge in [-0.2, -0.15) is 0 Å². The molecule has 0 unspecified atom stereocenters. The van der Waals surface area contributed by atoms with E-state index in [1.807, 2.05) is 0 Å². The van der Waals surface area contributed by atoms with Crippen LogP contribution < -0.4 is 5.56 Å². The fourth-order valence-corrected chi connectivity index (χ4v) is 1.78. The summed E-state index contributed by atoms with van der Waals surface area (Å²) in [5, 5.41) is 16.9. The van der Waals surface area contributed by atoms with E-state index in [2.05, 4.69) is 15.2 Å². The quantitative estimate of drug-likeness (QED) is 0.705. The van der Waals surface area contributed by atoms with E-state index in [0.717, 1.165) is 0 Å². The number of hydrogen-bond acceptors (Lipinski definition) is 4. The summed E-state index contributed by atoms with van der Waals surface area (Å²) in [6.45, 7) is 0. The Labute approximate surface area is 106 Å². The maximum atomic E-state index is 11.3. The standard InChI is InChI=1S/C12H8N4O3/c17-10-3-1-2-8(13-10)11-15-14-9-5-4-7(12(18)19)6-16(9)11/h1-6H,(H,13,17)(H,18,19). The molecule has 0 aliphatic rings. The third-order valence-electron chi connectivity index (χ3n) is 2.66. The lowest BCUT2D eigenvalue weighted by atomic mass is 10.3. The van der Waals surface area contributed by atoms with Crippen LogP contribution >= 0.6 is 0 Å². The summed E-state index contributed by atoms with van der Waals surface area (Å²) in [5.74, 6) is -0.654. The summed E-state index contributed by atoms with van der Waals surface area (Å²) in [6.07, 6.45) is 1.41. The van der Waals surface area contributed by atoms with E-state index in [4.69, 9.17) is 5.11 Å². The van der Waals surface area contributed by atoms with Crippen molar-refractivity contribution in [2.45, 2.75) is 0 Å². The molecule has 0 saturated carbocycles. The number of nitrogens with one attached hydrogen (secondary N) is 1. The van der Waals surface area contributed by atoms with Gasteiger partial charge in [-0.05, 0) is 18.2 Å². The average Bonchev–Trinajstić information content (AvgIpc) is 2.81. The van der Waals surface area contributed by atoms with Crippen molar-refractivity contribution in [2.75, 3.05) is 0 Å². The maximum Gasteiger partial charge on any atom is 0.337 e. The predicted octanol–water partition coefficient (Wildman–Crippen LogP) is 0.783. The minimum absolute atomic E-state index is 0.117. The summed E-state index contributed by atoms with van der Waals surface area (Å²) in [6, 6.07) is 7.65. The van der Waals surface area contributed by atoms with Gasteiger partial charge in [0.15, 0.2) is 11.5 Å². The van der Waals surface area contributed by atoms with Gasteiger partial charge in [-0.15, -0.1) is 10.2 Å². The molecule has 3 aromatic heterocycles. The first-order valence-electron chi connectivity index (χ1n) is 5.43. The van der Waals surface area contributed by atoms with Crippen LogP contribution in [0.15, 0.2) is 41.3 Å². The first-order chi connectivity index (χ1) is 9.15. The maximum absolute atomic E-state index is 11.3. The number of hydrogen-bond donors (Lipinski definition) is 2. The second kappa shape index (κ2) is 4.05. The molecule has 0 radical (unpaired) electrons. The van der Waals surface area contributed by atoms with Crippen molar-refractivity contribution in [1.82, 2.24) is 19.6 Å². The second-order valence-corrected chi connectivity index (χ2v) is 3.90. The van der Waals surface area contributed by atoms with Gasteiger partial charge in [0.2, 0.25) is 5.56 Å². The Morgan fingerprint density at radius 3 is 2.79 bits per heavy atom. The van der Waals surface area contributed by atoms with E-state index in [-0.39, 0.29) is 11.1 Å². The molecule has 0 aliphatic carbocycles. The summed E-state index contributed by atoms with van der Waals surface area (Å²) < 4.78 is 1.52. The van der Waals surface area contributed by atoms with E-state index < -0.39 is 5.97 Å². The lowest BCUT2D eigenvalue weighted by Crippen LogP contribution is -2.05. The van der Waals surface area contributed by atoms with E-state index in [1.165, 1.54) is 22.7 Å². The molecule has 3 aromatic rings. The molecule has 19 heavy (non-hydrogen) atoms. The molecular formula is C12H8N4O3. The fraction of sp³-hybridized carbons (Fsp3) is 0. The van der Waals surface area contributed by atoms with Crippen LogP contribution in [0.5, 0.6) is 0 Å². The molecule has 0 aromatic carbocycles. The normalized spacial score (nSPS) is 10.7. The SMILES string of the molecule is O=C(O)c1ccc2nnc(-c3cccc(=O)[nH]3)n2c1. The number of carbonyl (C=O) groups is 1. The Kier molecular flexibility index (Phi) is 2.38.